The van der Waals surface area contributed by atoms with E-state index in [0.717, 1.165) is 40.2 Å². The van der Waals surface area contributed by atoms with Crippen LogP contribution in [0.2, 0.25) is 5.02 Å². The summed E-state index contributed by atoms with van der Waals surface area (Å²) in [6.07, 6.45) is 5.16. The minimum atomic E-state index is 0.571. The molecule has 1 fully saturated rings. The summed E-state index contributed by atoms with van der Waals surface area (Å²) >= 11 is 9.90. The second-order valence-corrected chi connectivity index (χ2v) is 8.26. The Hall–Kier alpha value is -0.0500. The molecule has 0 saturated heterocycles. The van der Waals surface area contributed by atoms with Crippen LogP contribution in [0.15, 0.2) is 22.7 Å². The lowest BCUT2D eigenvalue weighted by Gasteiger charge is -2.36. The minimum absolute atomic E-state index is 0.571. The average Bonchev–Trinajstić information content (AvgIpc) is 2.41. The van der Waals surface area contributed by atoms with Crippen molar-refractivity contribution in [3.8, 4) is 0 Å². The van der Waals surface area contributed by atoms with Gasteiger partial charge in [0, 0.05) is 15.5 Å². The van der Waals surface area contributed by atoms with E-state index in [9.17, 15) is 0 Å². The highest BCUT2D eigenvalue weighted by atomic mass is 79.9. The topological polar surface area (TPSA) is 12.0 Å². The van der Waals surface area contributed by atoms with Gasteiger partial charge in [-0.25, -0.2) is 0 Å². The molecule has 0 bridgehead atoms. The van der Waals surface area contributed by atoms with Crippen LogP contribution in [0, 0.1) is 17.8 Å². The smallest absolute Gasteiger partial charge is 0.0449 e. The fourth-order valence-electron chi connectivity index (χ4n) is 3.44. The summed E-state index contributed by atoms with van der Waals surface area (Å²) in [5, 5.41) is 4.53. The van der Waals surface area contributed by atoms with Crippen molar-refractivity contribution in [3.63, 3.8) is 0 Å². The van der Waals surface area contributed by atoms with E-state index in [1.807, 2.05) is 6.07 Å². The van der Waals surface area contributed by atoms with Crippen LogP contribution in [0.3, 0.4) is 0 Å². The minimum Gasteiger partial charge on any atom is -0.314 e. The number of nitrogens with one attached hydrogen (secondary N) is 1. The third-order valence-corrected chi connectivity index (χ3v) is 5.53. The number of rotatable bonds is 5. The Balaban J connectivity index is 2.05. The van der Waals surface area contributed by atoms with Gasteiger partial charge in [0.15, 0.2) is 0 Å². The molecule has 1 saturated carbocycles. The van der Waals surface area contributed by atoms with Crippen molar-refractivity contribution in [1.82, 2.24) is 5.32 Å². The Morgan fingerprint density at radius 3 is 2.71 bits per heavy atom. The van der Waals surface area contributed by atoms with E-state index in [0.29, 0.717) is 6.04 Å². The zero-order chi connectivity index (χ0) is 15.4. The fraction of sp³-hybridized carbons (Fsp3) is 0.667. The number of benzene rings is 1. The summed E-state index contributed by atoms with van der Waals surface area (Å²) in [6, 6.07) is 6.87. The molecule has 0 aliphatic heterocycles. The quantitative estimate of drug-likeness (QED) is 0.699. The molecule has 1 N–H and O–H groups in total. The first-order valence-corrected chi connectivity index (χ1v) is 9.30. The highest BCUT2D eigenvalue weighted by Gasteiger charge is 2.29. The Morgan fingerprint density at radius 1 is 1.29 bits per heavy atom. The fourth-order valence-corrected chi connectivity index (χ4v) is 4.19. The third kappa shape index (κ3) is 5.26. The number of hydrogen-bond acceptors (Lipinski definition) is 1. The molecule has 1 aromatic carbocycles. The van der Waals surface area contributed by atoms with E-state index >= 15 is 0 Å². The molecule has 3 heteroatoms. The molecule has 0 aromatic heterocycles. The molecule has 3 unspecified atom stereocenters. The van der Waals surface area contributed by atoms with Crippen molar-refractivity contribution in [2.45, 2.75) is 52.5 Å². The molecule has 1 aromatic rings. The van der Waals surface area contributed by atoms with Crippen molar-refractivity contribution >= 4 is 27.5 Å². The lowest BCUT2D eigenvalue weighted by atomic mass is 9.72. The maximum Gasteiger partial charge on any atom is 0.0449 e. The molecule has 0 spiro atoms. The molecule has 0 amide bonds. The van der Waals surface area contributed by atoms with Crippen LogP contribution >= 0.6 is 27.5 Å². The van der Waals surface area contributed by atoms with Gasteiger partial charge in [0.25, 0.3) is 0 Å². The molecule has 1 nitrogen and oxygen atoms in total. The van der Waals surface area contributed by atoms with Crippen molar-refractivity contribution in [2.24, 2.45) is 17.8 Å². The van der Waals surface area contributed by atoms with Crippen LogP contribution in [0.25, 0.3) is 0 Å². The monoisotopic (exact) mass is 371 g/mol. The van der Waals surface area contributed by atoms with Gasteiger partial charge in [-0.05, 0) is 61.3 Å². The Kier molecular flexibility index (Phi) is 6.58. The van der Waals surface area contributed by atoms with E-state index < -0.39 is 0 Å². The highest BCUT2D eigenvalue weighted by Crippen LogP contribution is 2.37. The summed E-state index contributed by atoms with van der Waals surface area (Å²) in [6.45, 7) is 7.99. The van der Waals surface area contributed by atoms with Gasteiger partial charge < -0.3 is 5.32 Å². The zero-order valence-electron chi connectivity index (χ0n) is 13.3. The Bertz CT molecular complexity index is 461. The van der Waals surface area contributed by atoms with Crippen molar-refractivity contribution < 1.29 is 0 Å². The molecule has 3 atom stereocenters. The Labute approximate surface area is 143 Å². The van der Waals surface area contributed by atoms with Crippen LogP contribution in [0.5, 0.6) is 0 Å². The van der Waals surface area contributed by atoms with E-state index in [2.05, 4.69) is 54.2 Å². The summed E-state index contributed by atoms with van der Waals surface area (Å²) in [7, 11) is 0. The summed E-state index contributed by atoms with van der Waals surface area (Å²) in [4.78, 5) is 0. The predicted molar refractivity (Wildman–Crippen MR) is 96.0 cm³/mol. The summed E-state index contributed by atoms with van der Waals surface area (Å²) in [5.41, 5.74) is 1.30. The average molecular weight is 373 g/mol. The first kappa shape index (κ1) is 17.3. The van der Waals surface area contributed by atoms with Crippen LogP contribution in [0.1, 0.15) is 45.6 Å². The normalized spacial score (nSPS) is 26.3. The summed E-state index contributed by atoms with van der Waals surface area (Å²) in [5.74, 6) is 2.38. The van der Waals surface area contributed by atoms with Crippen LogP contribution in [0.4, 0.5) is 0 Å². The first-order valence-electron chi connectivity index (χ1n) is 8.13. The van der Waals surface area contributed by atoms with Crippen molar-refractivity contribution in [1.29, 1.82) is 0 Å². The lowest BCUT2D eigenvalue weighted by Crippen LogP contribution is -2.36. The third-order valence-electron chi connectivity index (χ3n) is 4.69. The molecule has 1 aliphatic rings. The number of hydrogen-bond donors (Lipinski definition) is 1. The molecule has 0 radical (unpaired) electrons. The molecule has 2 rings (SSSR count). The molecule has 21 heavy (non-hydrogen) atoms. The molecular formula is C18H27BrClN. The van der Waals surface area contributed by atoms with E-state index in [4.69, 9.17) is 11.6 Å². The highest BCUT2D eigenvalue weighted by molar-refractivity contribution is 9.10. The zero-order valence-corrected chi connectivity index (χ0v) is 15.7. The molecule has 118 valence electrons. The number of halogens is 2. The second kappa shape index (κ2) is 7.99. The van der Waals surface area contributed by atoms with Gasteiger partial charge in [0.1, 0.15) is 0 Å². The van der Waals surface area contributed by atoms with Gasteiger partial charge in [0.05, 0.1) is 0 Å². The van der Waals surface area contributed by atoms with Gasteiger partial charge in [-0.2, -0.15) is 0 Å². The van der Waals surface area contributed by atoms with Gasteiger partial charge >= 0.3 is 0 Å². The lowest BCUT2D eigenvalue weighted by molar-refractivity contribution is 0.181. The largest absolute Gasteiger partial charge is 0.314 e. The van der Waals surface area contributed by atoms with Crippen molar-refractivity contribution in [2.75, 3.05) is 6.54 Å². The second-order valence-electron chi connectivity index (χ2n) is 6.94. The van der Waals surface area contributed by atoms with Crippen LogP contribution in [-0.2, 0) is 6.42 Å². The van der Waals surface area contributed by atoms with Gasteiger partial charge in [-0.15, -0.1) is 0 Å². The Morgan fingerprint density at radius 2 is 2.05 bits per heavy atom. The summed E-state index contributed by atoms with van der Waals surface area (Å²) < 4.78 is 1.06. The van der Waals surface area contributed by atoms with Crippen LogP contribution in [-0.4, -0.2) is 12.6 Å². The maximum absolute atomic E-state index is 6.41. The first-order chi connectivity index (χ1) is 9.95. The van der Waals surface area contributed by atoms with Gasteiger partial charge in [-0.3, -0.25) is 0 Å². The maximum atomic E-state index is 6.41. The van der Waals surface area contributed by atoms with Gasteiger partial charge in [-0.1, -0.05) is 60.8 Å². The van der Waals surface area contributed by atoms with Crippen molar-refractivity contribution in [3.05, 3.63) is 33.3 Å². The SMILES string of the molecule is CC1CCC(CNC(C)C)C(Cc2ccc(Br)cc2Cl)C1. The standard InChI is InChI=1S/C18H27BrClN/c1-12(2)21-11-15-5-4-13(3)8-16(15)9-14-6-7-17(19)10-18(14)20/h6-7,10,12-13,15-16,21H,4-5,8-9,11H2,1-3H3. The molecule has 1 aliphatic carbocycles. The van der Waals surface area contributed by atoms with Crippen LogP contribution < -0.4 is 5.32 Å². The van der Waals surface area contributed by atoms with Gasteiger partial charge in [0.2, 0.25) is 0 Å². The van der Waals surface area contributed by atoms with E-state index in [1.165, 1.54) is 24.8 Å². The molecule has 0 heterocycles. The van der Waals surface area contributed by atoms with E-state index in [1.54, 1.807) is 0 Å². The van der Waals surface area contributed by atoms with E-state index in [-0.39, 0.29) is 0 Å². The molecular weight excluding hydrogens is 346 g/mol. The predicted octanol–water partition coefficient (Wildman–Crippen LogP) is 5.70.